The first-order valence-electron chi connectivity index (χ1n) is 13.3. The molecule has 1 heterocycles. The maximum atomic E-state index is 16.0. The molecule has 0 unspecified atom stereocenters. The van der Waals surface area contributed by atoms with Crippen LogP contribution in [0.3, 0.4) is 0 Å². The molecule has 1 aromatic rings. The fourth-order valence-corrected chi connectivity index (χ4v) is 7.08. The minimum absolute atomic E-state index is 0.0453. The number of aliphatic hydroxyl groups excluding tert-OH is 2. The predicted octanol–water partition coefficient (Wildman–Crippen LogP) is 0.239. The number of nitrogens with zero attached hydrogens (tertiary/aromatic N) is 3. The molecule has 1 saturated heterocycles. The molecule has 6 N–H and O–H groups in total. The normalized spacial score (nSPS) is 30.7. The number of carbonyl (C=O) groups is 3. The Morgan fingerprint density at radius 2 is 1.85 bits per heavy atom. The lowest BCUT2D eigenvalue weighted by Crippen LogP contribution is -2.65. The number of halogens is 1. The number of phenols is 1. The van der Waals surface area contributed by atoms with Gasteiger partial charge in [0.05, 0.1) is 11.6 Å². The molecule has 1 saturated carbocycles. The fraction of sp³-hybridized carbons (Fsp3) is 0.536. The van der Waals surface area contributed by atoms with Crippen molar-refractivity contribution in [2.24, 2.45) is 17.6 Å². The number of aromatic hydroxyl groups is 1. The number of likely N-dealkylation sites (N-methyl/N-ethyl adjacent to an activating group) is 2. The van der Waals surface area contributed by atoms with E-state index in [0.717, 1.165) is 19.5 Å². The van der Waals surface area contributed by atoms with Crippen molar-refractivity contribution >= 4 is 23.2 Å². The minimum Gasteiger partial charge on any atom is -0.508 e. The van der Waals surface area contributed by atoms with E-state index in [0.29, 0.717) is 6.04 Å². The largest absolute Gasteiger partial charge is 0.508 e. The van der Waals surface area contributed by atoms with Crippen LogP contribution in [0.1, 0.15) is 29.5 Å². The van der Waals surface area contributed by atoms with Crippen LogP contribution in [-0.2, 0) is 27.3 Å². The molecule has 2 fully saturated rings. The number of Topliss-reactive ketones (excluding diaryl/α,β-unsaturated/α-hetero) is 2. The zero-order valence-corrected chi connectivity index (χ0v) is 22.9. The van der Waals surface area contributed by atoms with Crippen molar-refractivity contribution in [3.8, 4) is 5.75 Å². The van der Waals surface area contributed by atoms with Gasteiger partial charge in [0.1, 0.15) is 28.7 Å². The van der Waals surface area contributed by atoms with Crippen LogP contribution in [0, 0.1) is 17.7 Å². The molecule has 1 aromatic carbocycles. The molecule has 0 radical (unpaired) electrons. The molecule has 12 heteroatoms. The minimum atomic E-state index is -2.72. The summed E-state index contributed by atoms with van der Waals surface area (Å²) in [5, 5.41) is 44.7. The summed E-state index contributed by atoms with van der Waals surface area (Å²) in [6.07, 6.45) is 0.756. The summed E-state index contributed by atoms with van der Waals surface area (Å²) in [6.45, 7) is 1.75. The second-order valence-electron chi connectivity index (χ2n) is 11.8. The Hall–Kier alpha value is -3.32. The first-order valence-corrected chi connectivity index (χ1v) is 13.3. The number of likely N-dealkylation sites (tertiary alicyclic amines) is 1. The number of phenolic OH excluding ortho intramolecular Hbond substituents is 1. The smallest absolute Gasteiger partial charge is 0.255 e. The van der Waals surface area contributed by atoms with Gasteiger partial charge in [0.2, 0.25) is 5.78 Å². The third kappa shape index (κ3) is 3.96. The molecule has 5 rings (SSSR count). The van der Waals surface area contributed by atoms with Crippen LogP contribution in [0.4, 0.5) is 4.39 Å². The predicted molar refractivity (Wildman–Crippen MR) is 142 cm³/mol. The summed E-state index contributed by atoms with van der Waals surface area (Å²) in [6, 6.07) is 0.379. The lowest BCUT2D eigenvalue weighted by molar-refractivity contribution is -0.153. The highest BCUT2D eigenvalue weighted by molar-refractivity contribution is 6.24. The van der Waals surface area contributed by atoms with Crippen molar-refractivity contribution in [2.75, 3.05) is 41.3 Å². The molecular weight excluding hydrogens is 523 g/mol. The Balaban J connectivity index is 1.59. The van der Waals surface area contributed by atoms with Crippen LogP contribution in [0.5, 0.6) is 5.75 Å². The number of benzene rings is 1. The monoisotopic (exact) mass is 558 g/mol. The van der Waals surface area contributed by atoms with E-state index < -0.39 is 69.6 Å². The summed E-state index contributed by atoms with van der Waals surface area (Å²) >= 11 is 0. The topological polar surface area (TPSA) is 168 Å². The highest BCUT2D eigenvalue weighted by atomic mass is 19.1. The Kier molecular flexibility index (Phi) is 6.81. The van der Waals surface area contributed by atoms with E-state index in [9.17, 15) is 34.8 Å². The molecule has 5 atom stereocenters. The van der Waals surface area contributed by atoms with Gasteiger partial charge in [-0.15, -0.1) is 0 Å². The summed E-state index contributed by atoms with van der Waals surface area (Å²) in [4.78, 5) is 44.7. The van der Waals surface area contributed by atoms with Crippen molar-refractivity contribution in [3.05, 3.63) is 45.5 Å². The van der Waals surface area contributed by atoms with Crippen molar-refractivity contribution < 1.29 is 39.2 Å². The van der Waals surface area contributed by atoms with Gasteiger partial charge in [-0.1, -0.05) is 0 Å². The van der Waals surface area contributed by atoms with Gasteiger partial charge >= 0.3 is 0 Å². The zero-order chi connectivity index (χ0) is 29.4. The lowest BCUT2D eigenvalue weighted by Gasteiger charge is -2.50. The van der Waals surface area contributed by atoms with E-state index >= 15 is 4.39 Å². The van der Waals surface area contributed by atoms with Gasteiger partial charge < -0.3 is 31.1 Å². The molecule has 216 valence electrons. The molecule has 40 heavy (non-hydrogen) atoms. The first kappa shape index (κ1) is 28.2. The number of amides is 1. The third-order valence-electron chi connectivity index (χ3n) is 9.10. The maximum Gasteiger partial charge on any atom is 0.255 e. The Bertz CT molecular complexity index is 1390. The van der Waals surface area contributed by atoms with E-state index in [4.69, 9.17) is 5.73 Å². The zero-order valence-electron chi connectivity index (χ0n) is 22.9. The van der Waals surface area contributed by atoms with Crippen LogP contribution in [0.15, 0.2) is 23.0 Å². The van der Waals surface area contributed by atoms with Gasteiger partial charge in [-0.2, -0.15) is 0 Å². The summed E-state index contributed by atoms with van der Waals surface area (Å²) in [7, 11) is 7.03. The summed E-state index contributed by atoms with van der Waals surface area (Å²) < 4.78 is 16.0. The fourth-order valence-electron chi connectivity index (χ4n) is 7.08. The summed E-state index contributed by atoms with van der Waals surface area (Å²) in [5.41, 5.74) is 1.49. The maximum absolute atomic E-state index is 16.0. The number of rotatable bonds is 5. The van der Waals surface area contributed by atoms with Crippen LogP contribution < -0.4 is 5.73 Å². The van der Waals surface area contributed by atoms with Crippen molar-refractivity contribution in [2.45, 2.75) is 43.5 Å². The Labute approximate surface area is 231 Å². The number of aliphatic hydroxyl groups is 3. The highest BCUT2D eigenvalue weighted by Gasteiger charge is 2.64. The number of hydrogen-bond acceptors (Lipinski definition) is 10. The van der Waals surface area contributed by atoms with Gasteiger partial charge in [-0.3, -0.25) is 24.2 Å². The van der Waals surface area contributed by atoms with E-state index in [1.165, 1.54) is 25.1 Å². The van der Waals surface area contributed by atoms with Gasteiger partial charge in [0, 0.05) is 48.3 Å². The van der Waals surface area contributed by atoms with Crippen molar-refractivity contribution in [1.82, 2.24) is 14.7 Å². The lowest BCUT2D eigenvalue weighted by atomic mass is 9.57. The number of carbonyl (C=O) groups excluding carboxylic acids is 3. The Morgan fingerprint density at radius 3 is 2.42 bits per heavy atom. The number of hydrogen-bond donors (Lipinski definition) is 5. The van der Waals surface area contributed by atoms with Crippen LogP contribution in [0.2, 0.25) is 0 Å². The second kappa shape index (κ2) is 9.65. The van der Waals surface area contributed by atoms with Gasteiger partial charge in [0.15, 0.2) is 11.4 Å². The van der Waals surface area contributed by atoms with E-state index in [1.54, 1.807) is 0 Å². The van der Waals surface area contributed by atoms with Crippen LogP contribution >= 0.6 is 0 Å². The molecule has 3 aliphatic carbocycles. The number of ketones is 2. The molecule has 11 nitrogen and oxygen atoms in total. The van der Waals surface area contributed by atoms with Crippen LogP contribution in [0.25, 0.3) is 5.76 Å². The molecular formula is C28H35FN4O7. The third-order valence-corrected chi connectivity index (χ3v) is 9.10. The molecule has 4 aliphatic rings. The summed E-state index contributed by atoms with van der Waals surface area (Å²) in [5.74, 6) is -8.16. The quantitative estimate of drug-likeness (QED) is 0.316. The van der Waals surface area contributed by atoms with Gasteiger partial charge in [-0.05, 0) is 59.4 Å². The van der Waals surface area contributed by atoms with E-state index in [2.05, 4.69) is 9.80 Å². The van der Waals surface area contributed by atoms with Crippen molar-refractivity contribution in [3.63, 3.8) is 0 Å². The molecule has 0 bridgehead atoms. The molecule has 0 spiro atoms. The number of nitrogens with two attached hydrogens (primary N) is 1. The SMILES string of the molecule is CN(C)[C@H]1CCN(Cc2cc(O)c3c(c2F)C[C@H]2C[C@H]4[C@H](N(C)C)C(=O)C(C(N)=O)=C(O)[C@@]4(O)C(=O)C2=C3O)C1. The Morgan fingerprint density at radius 1 is 1.18 bits per heavy atom. The molecule has 0 aromatic heterocycles. The van der Waals surface area contributed by atoms with Gasteiger partial charge in [0.25, 0.3) is 5.91 Å². The van der Waals surface area contributed by atoms with E-state index in [1.807, 2.05) is 14.1 Å². The first-order chi connectivity index (χ1) is 18.7. The highest BCUT2D eigenvalue weighted by Crippen LogP contribution is 2.53. The van der Waals surface area contributed by atoms with Gasteiger partial charge in [-0.25, -0.2) is 4.39 Å². The second-order valence-corrected chi connectivity index (χ2v) is 11.8. The molecule has 1 amide bonds. The average Bonchev–Trinajstić information content (AvgIpc) is 3.33. The average molecular weight is 559 g/mol. The number of fused-ring (bicyclic) bond motifs is 3. The molecule has 1 aliphatic heterocycles. The van der Waals surface area contributed by atoms with E-state index in [-0.39, 0.29) is 41.6 Å². The number of primary amides is 1. The van der Waals surface area contributed by atoms with Crippen LogP contribution in [-0.4, -0.2) is 112 Å². The standard InChI is InChI=1S/C28H35FN4O7/c1-31(2)14-5-6-33(11-14)10-13-9-17(34)19-15(21(13)29)7-12-8-16-22(32(3)4)24(36)20(27(30)39)26(38)28(16,40)25(37)18(12)23(19)35/h9,12,14,16,22,34-35,38,40H,5-8,10-11H2,1-4H3,(H2,30,39)/t12-,14-,16-,22-,28-/m0/s1. The van der Waals surface area contributed by atoms with Crippen molar-refractivity contribution in [1.29, 1.82) is 0 Å².